The molecule has 2 rings (SSSR count). The topological polar surface area (TPSA) is 77.1 Å². The van der Waals surface area contributed by atoms with Crippen LogP contribution in [0.4, 0.5) is 0 Å². The number of hydrogen-bond acceptors (Lipinski definition) is 4. The predicted octanol–water partition coefficient (Wildman–Crippen LogP) is 1.94. The molecule has 1 amide bonds. The van der Waals surface area contributed by atoms with Gasteiger partial charge in [-0.15, -0.1) is 11.3 Å². The number of rotatable bonds is 3. The average Bonchev–Trinajstić information content (AvgIpc) is 2.76. The van der Waals surface area contributed by atoms with Crippen LogP contribution in [0.1, 0.15) is 25.7 Å². The summed E-state index contributed by atoms with van der Waals surface area (Å²) in [5.74, 6) is 4.81. The van der Waals surface area contributed by atoms with Crippen LogP contribution in [0.25, 0.3) is 0 Å². The van der Waals surface area contributed by atoms with E-state index in [1.165, 1.54) is 11.3 Å². The van der Waals surface area contributed by atoms with Crippen molar-refractivity contribution in [3.63, 3.8) is 0 Å². The summed E-state index contributed by atoms with van der Waals surface area (Å²) in [5.41, 5.74) is 3.68. The first-order valence-corrected chi connectivity index (χ1v) is 7.50. The van der Waals surface area contributed by atoms with E-state index in [2.05, 4.69) is 21.4 Å². The lowest BCUT2D eigenvalue weighted by Crippen LogP contribution is -2.29. The van der Waals surface area contributed by atoms with E-state index < -0.39 is 0 Å². The van der Waals surface area contributed by atoms with Gasteiger partial charge in [0.1, 0.15) is 0 Å². The number of aromatic nitrogens is 1. The summed E-state index contributed by atoms with van der Waals surface area (Å²) in [7, 11) is 0. The molecule has 7 heteroatoms. The van der Waals surface area contributed by atoms with Crippen LogP contribution in [-0.2, 0) is 6.54 Å². The Hall–Kier alpha value is -1.44. The van der Waals surface area contributed by atoms with E-state index in [1.807, 2.05) is 6.92 Å². The number of hydrazine groups is 1. The predicted molar refractivity (Wildman–Crippen MR) is 83.0 cm³/mol. The lowest BCUT2D eigenvalue weighted by molar-refractivity contribution is 0.0957. The number of carbonyl (C=O) groups is 1. The SMILES string of the molecule is Cc1sc(C(=O)NN)cc1Cn1cc(Br)cc(C)c1=O. The van der Waals surface area contributed by atoms with Gasteiger partial charge in [-0.3, -0.25) is 15.0 Å². The van der Waals surface area contributed by atoms with Crippen molar-refractivity contribution in [2.24, 2.45) is 5.84 Å². The Labute approximate surface area is 128 Å². The van der Waals surface area contributed by atoms with E-state index >= 15 is 0 Å². The summed E-state index contributed by atoms with van der Waals surface area (Å²) >= 11 is 4.74. The van der Waals surface area contributed by atoms with Gasteiger partial charge in [-0.2, -0.15) is 0 Å². The molecule has 0 unspecified atom stereocenters. The number of nitrogens with one attached hydrogen (secondary N) is 1. The first kappa shape index (κ1) is 15.0. The molecule has 0 aliphatic heterocycles. The fourth-order valence-electron chi connectivity index (χ4n) is 1.90. The molecule has 2 heterocycles. The van der Waals surface area contributed by atoms with Crippen LogP contribution in [0.15, 0.2) is 27.6 Å². The van der Waals surface area contributed by atoms with Gasteiger partial charge in [0.05, 0.1) is 11.4 Å². The molecule has 0 atom stereocenters. The maximum absolute atomic E-state index is 12.1. The van der Waals surface area contributed by atoms with E-state index in [4.69, 9.17) is 5.84 Å². The van der Waals surface area contributed by atoms with Gasteiger partial charge in [-0.1, -0.05) is 0 Å². The fourth-order valence-corrected chi connectivity index (χ4v) is 3.43. The summed E-state index contributed by atoms with van der Waals surface area (Å²) < 4.78 is 2.47. The third kappa shape index (κ3) is 3.00. The summed E-state index contributed by atoms with van der Waals surface area (Å²) in [4.78, 5) is 25.1. The molecule has 0 aliphatic carbocycles. The number of nitrogen functional groups attached to an aromatic ring is 1. The smallest absolute Gasteiger partial charge is 0.275 e. The van der Waals surface area contributed by atoms with Crippen LogP contribution in [-0.4, -0.2) is 10.5 Å². The van der Waals surface area contributed by atoms with Gasteiger partial charge >= 0.3 is 0 Å². The lowest BCUT2D eigenvalue weighted by atomic mass is 10.2. The molecule has 0 radical (unpaired) electrons. The summed E-state index contributed by atoms with van der Waals surface area (Å²) in [6, 6.07) is 3.55. The van der Waals surface area contributed by atoms with Gasteiger partial charge in [0.25, 0.3) is 11.5 Å². The molecule has 0 aromatic carbocycles. The van der Waals surface area contributed by atoms with Crippen LogP contribution in [0, 0.1) is 13.8 Å². The molecule has 0 saturated heterocycles. The van der Waals surface area contributed by atoms with Crippen molar-refractivity contribution in [3.8, 4) is 0 Å². The normalized spacial score (nSPS) is 10.6. The van der Waals surface area contributed by atoms with Crippen LogP contribution in [0.5, 0.6) is 0 Å². The van der Waals surface area contributed by atoms with Crippen molar-refractivity contribution in [3.05, 3.63) is 54.0 Å². The molecule has 0 fully saturated rings. The number of pyridine rings is 1. The molecule has 5 nitrogen and oxygen atoms in total. The van der Waals surface area contributed by atoms with E-state index in [-0.39, 0.29) is 11.5 Å². The molecule has 20 heavy (non-hydrogen) atoms. The Bertz CT molecular complexity index is 721. The molecule has 0 spiro atoms. The third-order valence-corrected chi connectivity index (χ3v) is 4.47. The van der Waals surface area contributed by atoms with Crippen molar-refractivity contribution in [1.82, 2.24) is 9.99 Å². The van der Waals surface area contributed by atoms with Crippen LogP contribution >= 0.6 is 27.3 Å². The van der Waals surface area contributed by atoms with Gasteiger partial charge in [-0.05, 0) is 47.5 Å². The molecule has 3 N–H and O–H groups in total. The Kier molecular flexibility index (Phi) is 4.42. The van der Waals surface area contributed by atoms with Crippen molar-refractivity contribution < 1.29 is 4.79 Å². The highest BCUT2D eigenvalue weighted by molar-refractivity contribution is 9.10. The second kappa shape index (κ2) is 5.90. The van der Waals surface area contributed by atoms with Crippen molar-refractivity contribution in [2.45, 2.75) is 20.4 Å². The zero-order valence-corrected chi connectivity index (χ0v) is 13.5. The van der Waals surface area contributed by atoms with Gasteiger partial charge in [0.2, 0.25) is 0 Å². The average molecular weight is 356 g/mol. The first-order valence-electron chi connectivity index (χ1n) is 5.89. The fraction of sp³-hybridized carbons (Fsp3) is 0.231. The number of aryl methyl sites for hydroxylation is 2. The Balaban J connectivity index is 2.38. The molecule has 2 aromatic rings. The molecular weight excluding hydrogens is 342 g/mol. The maximum atomic E-state index is 12.1. The van der Waals surface area contributed by atoms with Crippen molar-refractivity contribution in [2.75, 3.05) is 0 Å². The van der Waals surface area contributed by atoms with Crippen molar-refractivity contribution >= 4 is 33.2 Å². The minimum atomic E-state index is -0.317. The summed E-state index contributed by atoms with van der Waals surface area (Å²) in [6.45, 7) is 4.12. The molecule has 0 bridgehead atoms. The van der Waals surface area contributed by atoms with Crippen LogP contribution in [0.2, 0.25) is 0 Å². The highest BCUT2D eigenvalue weighted by atomic mass is 79.9. The highest BCUT2D eigenvalue weighted by Crippen LogP contribution is 2.22. The van der Waals surface area contributed by atoms with E-state index in [0.29, 0.717) is 17.0 Å². The zero-order chi connectivity index (χ0) is 14.9. The monoisotopic (exact) mass is 355 g/mol. The largest absolute Gasteiger partial charge is 0.310 e. The van der Waals surface area contributed by atoms with Crippen LogP contribution in [0.3, 0.4) is 0 Å². The minimum Gasteiger partial charge on any atom is -0.310 e. The number of carbonyl (C=O) groups excluding carboxylic acids is 1. The third-order valence-electron chi connectivity index (χ3n) is 2.95. The Morgan fingerprint density at radius 2 is 2.15 bits per heavy atom. The molecule has 2 aromatic heterocycles. The number of thiophene rings is 1. The summed E-state index contributed by atoms with van der Waals surface area (Å²) in [6.07, 6.45) is 1.75. The van der Waals surface area contributed by atoms with Gasteiger partial charge in [0, 0.05) is 21.1 Å². The van der Waals surface area contributed by atoms with Gasteiger partial charge < -0.3 is 4.57 Å². The van der Waals surface area contributed by atoms with Gasteiger partial charge in [0.15, 0.2) is 0 Å². The van der Waals surface area contributed by atoms with E-state index in [0.717, 1.165) is 14.9 Å². The molecule has 0 aliphatic rings. The minimum absolute atomic E-state index is 0.0383. The molecular formula is C13H14BrN3O2S. The summed E-state index contributed by atoms with van der Waals surface area (Å²) in [5, 5.41) is 0. The zero-order valence-electron chi connectivity index (χ0n) is 11.1. The Morgan fingerprint density at radius 3 is 2.80 bits per heavy atom. The van der Waals surface area contributed by atoms with Crippen LogP contribution < -0.4 is 16.8 Å². The second-order valence-electron chi connectivity index (χ2n) is 4.44. The quantitative estimate of drug-likeness (QED) is 0.501. The van der Waals surface area contributed by atoms with E-state index in [1.54, 1.807) is 29.8 Å². The number of amides is 1. The number of hydrogen-bond donors (Lipinski definition) is 2. The molecule has 106 valence electrons. The van der Waals surface area contributed by atoms with Gasteiger partial charge in [-0.25, -0.2) is 5.84 Å². The second-order valence-corrected chi connectivity index (χ2v) is 6.61. The number of nitrogens with two attached hydrogens (primary N) is 1. The number of halogens is 1. The maximum Gasteiger partial charge on any atom is 0.275 e. The molecule has 0 saturated carbocycles. The highest BCUT2D eigenvalue weighted by Gasteiger charge is 2.12. The first-order chi connectivity index (χ1) is 9.42. The van der Waals surface area contributed by atoms with Crippen molar-refractivity contribution in [1.29, 1.82) is 0 Å². The lowest BCUT2D eigenvalue weighted by Gasteiger charge is -2.07. The number of nitrogens with zero attached hydrogens (tertiary/aromatic N) is 1. The van der Waals surface area contributed by atoms with E-state index in [9.17, 15) is 9.59 Å². The Morgan fingerprint density at radius 1 is 1.45 bits per heavy atom. The standard InChI is InChI=1S/C13H14BrN3O2S/c1-7-3-10(14)6-17(13(7)19)5-9-4-11(12(18)16-15)20-8(9)2/h3-4,6H,5,15H2,1-2H3,(H,16,18).